The average molecular weight is 362 g/mol. The zero-order chi connectivity index (χ0) is 17.8. The Morgan fingerprint density at radius 1 is 1.24 bits per heavy atom. The third-order valence-corrected chi connectivity index (χ3v) is 4.95. The molecule has 1 aliphatic rings. The minimum absolute atomic E-state index is 0.118. The topological polar surface area (TPSA) is 54.3 Å². The van der Waals surface area contributed by atoms with Crippen molar-refractivity contribution in [3.05, 3.63) is 46.7 Å². The number of carbonyl (C=O) groups excluding carboxylic acids is 1. The van der Waals surface area contributed by atoms with Crippen LogP contribution in [0, 0.1) is 5.92 Å². The van der Waals surface area contributed by atoms with Crippen molar-refractivity contribution < 1.29 is 4.79 Å². The summed E-state index contributed by atoms with van der Waals surface area (Å²) in [5.74, 6) is 0.524. The molecule has 1 aromatic carbocycles. The van der Waals surface area contributed by atoms with Crippen molar-refractivity contribution in [2.24, 2.45) is 5.92 Å². The lowest BCUT2D eigenvalue weighted by Crippen LogP contribution is -2.40. The van der Waals surface area contributed by atoms with Crippen molar-refractivity contribution in [3.8, 4) is 0 Å². The van der Waals surface area contributed by atoms with E-state index < -0.39 is 0 Å². The van der Waals surface area contributed by atoms with Gasteiger partial charge in [-0.1, -0.05) is 47.1 Å². The number of rotatable bonds is 5. The lowest BCUT2D eigenvalue weighted by atomic mass is 9.96. The first-order chi connectivity index (χ1) is 12.0. The number of hydrogen-bond donors (Lipinski definition) is 0. The second kappa shape index (κ2) is 7.97. The fourth-order valence-corrected chi connectivity index (χ4v) is 3.49. The summed E-state index contributed by atoms with van der Waals surface area (Å²) < 4.78 is 1.57. The lowest BCUT2D eigenvalue weighted by molar-refractivity contribution is 0.0672. The molecule has 25 heavy (non-hydrogen) atoms. The largest absolute Gasteiger partial charge is 0.337 e. The van der Waals surface area contributed by atoms with E-state index in [1.807, 2.05) is 35.2 Å². The van der Waals surface area contributed by atoms with E-state index in [0.717, 1.165) is 38.0 Å². The van der Waals surface area contributed by atoms with E-state index in [4.69, 9.17) is 11.6 Å². The van der Waals surface area contributed by atoms with Gasteiger partial charge in [0, 0.05) is 19.6 Å². The number of aromatic nitrogens is 3. The molecule has 6 nitrogen and oxygen atoms in total. The molecule has 0 radical (unpaired) electrons. The zero-order valence-corrected chi connectivity index (χ0v) is 15.5. The lowest BCUT2D eigenvalue weighted by Gasteiger charge is -2.32. The molecular formula is C18H24ClN5O. The Morgan fingerprint density at radius 3 is 2.56 bits per heavy atom. The van der Waals surface area contributed by atoms with E-state index in [0.29, 0.717) is 17.6 Å². The van der Waals surface area contributed by atoms with Gasteiger partial charge in [0.25, 0.3) is 5.91 Å². The van der Waals surface area contributed by atoms with Crippen LogP contribution >= 0.6 is 11.6 Å². The molecule has 1 aliphatic heterocycles. The van der Waals surface area contributed by atoms with Crippen LogP contribution in [0.4, 0.5) is 0 Å². The highest BCUT2D eigenvalue weighted by atomic mass is 35.5. The summed E-state index contributed by atoms with van der Waals surface area (Å²) >= 11 is 6.37. The number of amides is 1. The van der Waals surface area contributed by atoms with Crippen molar-refractivity contribution in [2.75, 3.05) is 33.7 Å². The van der Waals surface area contributed by atoms with Gasteiger partial charge in [0.15, 0.2) is 10.8 Å². The summed E-state index contributed by atoms with van der Waals surface area (Å²) in [6.45, 7) is 3.07. The Kier molecular flexibility index (Phi) is 5.71. The Balaban J connectivity index is 1.64. The van der Waals surface area contributed by atoms with Gasteiger partial charge in [-0.15, -0.1) is 5.10 Å². The number of hydrogen-bond acceptors (Lipinski definition) is 4. The molecule has 1 fully saturated rings. The van der Waals surface area contributed by atoms with Crippen LogP contribution in [0.1, 0.15) is 28.9 Å². The highest BCUT2D eigenvalue weighted by Gasteiger charge is 2.28. The summed E-state index contributed by atoms with van der Waals surface area (Å²) in [7, 11) is 4.17. The first-order valence-electron chi connectivity index (χ1n) is 8.61. The van der Waals surface area contributed by atoms with E-state index in [-0.39, 0.29) is 11.6 Å². The minimum atomic E-state index is -0.118. The molecule has 2 aromatic rings. The molecule has 0 atom stereocenters. The summed E-state index contributed by atoms with van der Waals surface area (Å²) in [5, 5.41) is 8.41. The SMILES string of the molecule is CN(C)CC1CCN(C(=O)c2nnn(Cc3ccccc3)c2Cl)CC1. The van der Waals surface area contributed by atoms with Crippen LogP contribution < -0.4 is 0 Å². The maximum Gasteiger partial charge on any atom is 0.277 e. The number of nitrogens with zero attached hydrogens (tertiary/aromatic N) is 5. The molecule has 134 valence electrons. The highest BCUT2D eigenvalue weighted by Crippen LogP contribution is 2.22. The molecular weight excluding hydrogens is 338 g/mol. The van der Waals surface area contributed by atoms with Crippen molar-refractivity contribution in [2.45, 2.75) is 19.4 Å². The standard InChI is InChI=1S/C18H24ClN5O/c1-22(2)12-15-8-10-23(11-9-15)18(25)16-17(19)24(21-20-16)13-14-6-4-3-5-7-14/h3-7,15H,8-13H2,1-2H3. The van der Waals surface area contributed by atoms with Crippen molar-refractivity contribution in [1.82, 2.24) is 24.8 Å². The molecule has 0 spiro atoms. The molecule has 2 heterocycles. The second-order valence-corrected chi connectivity index (χ2v) is 7.23. The van der Waals surface area contributed by atoms with Crippen LogP contribution in [-0.4, -0.2) is 64.4 Å². The van der Waals surface area contributed by atoms with Gasteiger partial charge in [0.1, 0.15) is 0 Å². The van der Waals surface area contributed by atoms with Gasteiger partial charge in [-0.25, -0.2) is 4.68 Å². The Hall–Kier alpha value is -1.92. The molecule has 1 amide bonds. The summed E-state index contributed by atoms with van der Waals surface area (Å²) in [6, 6.07) is 9.87. The summed E-state index contributed by atoms with van der Waals surface area (Å²) in [5.41, 5.74) is 1.32. The highest BCUT2D eigenvalue weighted by molar-refractivity contribution is 6.32. The molecule has 0 bridgehead atoms. The van der Waals surface area contributed by atoms with Crippen molar-refractivity contribution in [3.63, 3.8) is 0 Å². The van der Waals surface area contributed by atoms with Gasteiger partial charge >= 0.3 is 0 Å². The number of benzene rings is 1. The fraction of sp³-hybridized carbons (Fsp3) is 0.500. The second-order valence-electron chi connectivity index (χ2n) is 6.87. The molecule has 0 aliphatic carbocycles. The van der Waals surface area contributed by atoms with Gasteiger partial charge in [-0.2, -0.15) is 0 Å². The number of halogens is 1. The number of likely N-dealkylation sites (tertiary alicyclic amines) is 1. The molecule has 3 rings (SSSR count). The number of piperidine rings is 1. The number of carbonyl (C=O) groups is 1. The maximum atomic E-state index is 12.7. The predicted octanol–water partition coefficient (Wildman–Crippen LogP) is 2.39. The normalized spacial score (nSPS) is 15.8. The van der Waals surface area contributed by atoms with Crippen molar-refractivity contribution >= 4 is 17.5 Å². The quantitative estimate of drug-likeness (QED) is 0.820. The molecule has 0 unspecified atom stereocenters. The summed E-state index contributed by atoms with van der Waals surface area (Å²) in [4.78, 5) is 16.8. The van der Waals surface area contributed by atoms with E-state index >= 15 is 0 Å². The van der Waals surface area contributed by atoms with E-state index in [1.165, 1.54) is 0 Å². The fourth-order valence-electron chi connectivity index (χ4n) is 3.27. The Morgan fingerprint density at radius 2 is 1.92 bits per heavy atom. The first kappa shape index (κ1) is 17.9. The zero-order valence-electron chi connectivity index (χ0n) is 14.7. The first-order valence-corrected chi connectivity index (χ1v) is 8.99. The summed E-state index contributed by atoms with van der Waals surface area (Å²) in [6.07, 6.45) is 2.03. The van der Waals surface area contributed by atoms with Gasteiger partial charge in [-0.3, -0.25) is 4.79 Å². The van der Waals surface area contributed by atoms with Gasteiger partial charge in [0.2, 0.25) is 0 Å². The third-order valence-electron chi connectivity index (χ3n) is 4.58. The monoisotopic (exact) mass is 361 g/mol. The van der Waals surface area contributed by atoms with Crippen LogP contribution in [0.3, 0.4) is 0 Å². The average Bonchev–Trinajstić information content (AvgIpc) is 2.96. The van der Waals surface area contributed by atoms with E-state index in [9.17, 15) is 4.79 Å². The smallest absolute Gasteiger partial charge is 0.277 e. The van der Waals surface area contributed by atoms with Gasteiger partial charge < -0.3 is 9.80 Å². The van der Waals surface area contributed by atoms with Gasteiger partial charge in [-0.05, 0) is 38.4 Å². The molecule has 1 aromatic heterocycles. The van der Waals surface area contributed by atoms with Crippen LogP contribution in [0.25, 0.3) is 0 Å². The predicted molar refractivity (Wildman–Crippen MR) is 97.8 cm³/mol. The van der Waals surface area contributed by atoms with Crippen LogP contribution in [0.5, 0.6) is 0 Å². The van der Waals surface area contributed by atoms with E-state index in [2.05, 4.69) is 29.3 Å². The molecule has 0 saturated carbocycles. The Labute approximate surface area is 153 Å². The third kappa shape index (κ3) is 4.38. The molecule has 0 N–H and O–H groups in total. The van der Waals surface area contributed by atoms with Crippen LogP contribution in [0.15, 0.2) is 30.3 Å². The van der Waals surface area contributed by atoms with E-state index in [1.54, 1.807) is 4.68 Å². The molecule has 7 heteroatoms. The maximum absolute atomic E-state index is 12.7. The van der Waals surface area contributed by atoms with Crippen molar-refractivity contribution in [1.29, 1.82) is 0 Å². The van der Waals surface area contributed by atoms with Crippen LogP contribution in [-0.2, 0) is 6.54 Å². The molecule has 1 saturated heterocycles. The van der Waals surface area contributed by atoms with Crippen LogP contribution in [0.2, 0.25) is 5.15 Å². The minimum Gasteiger partial charge on any atom is -0.337 e. The Bertz CT molecular complexity index is 708. The van der Waals surface area contributed by atoms with Gasteiger partial charge in [0.05, 0.1) is 6.54 Å².